The fourth-order valence-electron chi connectivity index (χ4n) is 3.28. The smallest absolute Gasteiger partial charge is 0.222 e. The van der Waals surface area contributed by atoms with E-state index in [-0.39, 0.29) is 5.91 Å². The molecule has 144 valence electrons. The molecule has 1 atom stereocenters. The van der Waals surface area contributed by atoms with Gasteiger partial charge in [0.2, 0.25) is 5.91 Å². The van der Waals surface area contributed by atoms with Crippen molar-refractivity contribution >= 4 is 23.2 Å². The van der Waals surface area contributed by atoms with E-state index in [4.69, 9.17) is 0 Å². The summed E-state index contributed by atoms with van der Waals surface area (Å²) in [5.74, 6) is 1.49. The number of carbonyl (C=O) groups excluding carboxylic acids is 1. The molecule has 1 aliphatic heterocycles. The summed E-state index contributed by atoms with van der Waals surface area (Å²) in [6, 6.07) is 10.5. The zero-order valence-corrected chi connectivity index (χ0v) is 16.9. The molecule has 0 radical (unpaired) electrons. The van der Waals surface area contributed by atoms with Gasteiger partial charge in [0.1, 0.15) is 0 Å². The minimum absolute atomic E-state index is 0.262. The Hall–Kier alpha value is -2.34. The average Bonchev–Trinajstić information content (AvgIpc) is 3.35. The van der Waals surface area contributed by atoms with E-state index >= 15 is 0 Å². The van der Waals surface area contributed by atoms with E-state index in [0.717, 1.165) is 25.5 Å². The zero-order chi connectivity index (χ0) is 19.1. The highest BCUT2D eigenvalue weighted by Gasteiger charge is 2.20. The third-order valence-corrected chi connectivity index (χ3v) is 5.71. The van der Waals surface area contributed by atoms with E-state index in [1.807, 2.05) is 17.0 Å². The minimum atomic E-state index is 0.262. The minimum Gasteiger partial charge on any atom is -0.356 e. The molecule has 0 bridgehead atoms. The molecule has 1 fully saturated rings. The molecular weight excluding hydrogens is 356 g/mol. The second-order valence-corrected chi connectivity index (χ2v) is 7.73. The second-order valence-electron chi connectivity index (χ2n) is 6.95. The number of rotatable bonds is 7. The first-order valence-corrected chi connectivity index (χ1v) is 10.4. The molecule has 1 aliphatic rings. The number of guanidine groups is 1. The lowest BCUT2D eigenvalue weighted by Gasteiger charge is -2.19. The Morgan fingerprint density at radius 1 is 1.26 bits per heavy atom. The third-order valence-electron chi connectivity index (χ3n) is 5.01. The van der Waals surface area contributed by atoms with Crippen molar-refractivity contribution in [2.45, 2.75) is 38.8 Å². The number of aliphatic imine (C=N–C) groups is 1. The fourth-order valence-corrected chi connectivity index (χ4v) is 4.07. The molecule has 2 heterocycles. The summed E-state index contributed by atoms with van der Waals surface area (Å²) >= 11 is 1.73. The first kappa shape index (κ1) is 19.4. The van der Waals surface area contributed by atoms with E-state index in [1.54, 1.807) is 18.4 Å². The molecule has 1 aromatic carbocycles. The van der Waals surface area contributed by atoms with Crippen LogP contribution in [0.25, 0.3) is 0 Å². The van der Waals surface area contributed by atoms with Crippen LogP contribution in [0.3, 0.4) is 0 Å². The number of nitrogens with one attached hydrogen (secondary N) is 2. The van der Waals surface area contributed by atoms with Crippen molar-refractivity contribution in [3.05, 3.63) is 57.8 Å². The summed E-state index contributed by atoms with van der Waals surface area (Å²) in [4.78, 5) is 18.2. The number of carbonyl (C=O) groups is 1. The van der Waals surface area contributed by atoms with Gasteiger partial charge in [-0.2, -0.15) is 11.3 Å². The average molecular weight is 385 g/mol. The molecule has 5 nitrogen and oxygen atoms in total. The SMILES string of the molecule is CN=C(NCc1ccccc1CN1CCCC1=O)NCC(C)c1ccsc1. The van der Waals surface area contributed by atoms with Crippen LogP contribution in [-0.2, 0) is 17.9 Å². The quantitative estimate of drug-likeness (QED) is 0.569. The van der Waals surface area contributed by atoms with Crippen LogP contribution in [-0.4, -0.2) is 36.9 Å². The number of thiophene rings is 1. The van der Waals surface area contributed by atoms with Gasteiger partial charge in [-0.25, -0.2) is 0 Å². The molecule has 1 amide bonds. The number of nitrogens with zero attached hydrogens (tertiary/aromatic N) is 2. The molecule has 2 aromatic rings. The summed E-state index contributed by atoms with van der Waals surface area (Å²) in [5.41, 5.74) is 3.75. The summed E-state index contributed by atoms with van der Waals surface area (Å²) in [6.07, 6.45) is 1.65. The van der Waals surface area contributed by atoms with Gasteiger partial charge in [0, 0.05) is 39.6 Å². The maximum absolute atomic E-state index is 11.9. The normalized spacial score (nSPS) is 15.9. The van der Waals surface area contributed by atoms with E-state index in [2.05, 4.69) is 51.5 Å². The Kier molecular flexibility index (Phi) is 6.87. The monoisotopic (exact) mass is 384 g/mol. The molecular formula is C21H28N4OS. The van der Waals surface area contributed by atoms with Crippen molar-refractivity contribution in [3.63, 3.8) is 0 Å². The second kappa shape index (κ2) is 9.55. The summed E-state index contributed by atoms with van der Waals surface area (Å²) in [7, 11) is 1.79. The first-order chi connectivity index (χ1) is 13.2. The molecule has 0 spiro atoms. The van der Waals surface area contributed by atoms with E-state index < -0.39 is 0 Å². The van der Waals surface area contributed by atoms with Crippen LogP contribution in [0, 0.1) is 0 Å². The lowest BCUT2D eigenvalue weighted by atomic mass is 10.1. The first-order valence-electron chi connectivity index (χ1n) is 9.48. The van der Waals surface area contributed by atoms with E-state index in [9.17, 15) is 4.79 Å². The van der Waals surface area contributed by atoms with Crippen molar-refractivity contribution in [2.24, 2.45) is 4.99 Å². The maximum atomic E-state index is 11.9. The van der Waals surface area contributed by atoms with Crippen LogP contribution in [0.1, 0.15) is 42.4 Å². The van der Waals surface area contributed by atoms with Gasteiger partial charge in [-0.3, -0.25) is 9.79 Å². The number of likely N-dealkylation sites (tertiary alicyclic amines) is 1. The number of amides is 1. The van der Waals surface area contributed by atoms with Crippen LogP contribution >= 0.6 is 11.3 Å². The highest BCUT2D eigenvalue weighted by atomic mass is 32.1. The Morgan fingerprint density at radius 3 is 2.74 bits per heavy atom. The van der Waals surface area contributed by atoms with Crippen molar-refractivity contribution in [1.82, 2.24) is 15.5 Å². The Balaban J connectivity index is 1.54. The van der Waals surface area contributed by atoms with Gasteiger partial charge >= 0.3 is 0 Å². The van der Waals surface area contributed by atoms with E-state index in [0.29, 0.717) is 25.4 Å². The Bertz CT molecular complexity index is 772. The van der Waals surface area contributed by atoms with E-state index in [1.165, 1.54) is 16.7 Å². The van der Waals surface area contributed by atoms with Gasteiger partial charge in [0.05, 0.1) is 0 Å². The van der Waals surface area contributed by atoms with Gasteiger partial charge in [-0.05, 0) is 45.9 Å². The lowest BCUT2D eigenvalue weighted by Crippen LogP contribution is -2.38. The highest BCUT2D eigenvalue weighted by Crippen LogP contribution is 2.18. The van der Waals surface area contributed by atoms with Gasteiger partial charge in [0.15, 0.2) is 5.96 Å². The fraction of sp³-hybridized carbons (Fsp3) is 0.429. The van der Waals surface area contributed by atoms with Crippen LogP contribution < -0.4 is 10.6 Å². The molecule has 27 heavy (non-hydrogen) atoms. The lowest BCUT2D eigenvalue weighted by molar-refractivity contribution is -0.128. The number of benzene rings is 1. The summed E-state index contributed by atoms with van der Waals surface area (Å²) in [6.45, 7) is 5.29. The van der Waals surface area contributed by atoms with Gasteiger partial charge in [0.25, 0.3) is 0 Å². The predicted molar refractivity (Wildman–Crippen MR) is 112 cm³/mol. The highest BCUT2D eigenvalue weighted by molar-refractivity contribution is 7.07. The van der Waals surface area contributed by atoms with Crippen LogP contribution in [0.4, 0.5) is 0 Å². The molecule has 6 heteroatoms. The molecule has 2 N–H and O–H groups in total. The van der Waals surface area contributed by atoms with Crippen molar-refractivity contribution in [3.8, 4) is 0 Å². The maximum Gasteiger partial charge on any atom is 0.222 e. The molecule has 1 aromatic heterocycles. The van der Waals surface area contributed by atoms with Gasteiger partial charge in [-0.1, -0.05) is 31.2 Å². The van der Waals surface area contributed by atoms with Crippen molar-refractivity contribution in [2.75, 3.05) is 20.1 Å². The zero-order valence-electron chi connectivity index (χ0n) is 16.1. The molecule has 1 saturated heterocycles. The van der Waals surface area contributed by atoms with Crippen LogP contribution in [0.15, 0.2) is 46.1 Å². The molecule has 0 aliphatic carbocycles. The number of hydrogen-bond donors (Lipinski definition) is 2. The Labute approximate surface area is 165 Å². The summed E-state index contributed by atoms with van der Waals surface area (Å²) < 4.78 is 0. The molecule has 0 saturated carbocycles. The largest absolute Gasteiger partial charge is 0.356 e. The third kappa shape index (κ3) is 5.32. The van der Waals surface area contributed by atoms with Gasteiger partial charge < -0.3 is 15.5 Å². The topological polar surface area (TPSA) is 56.7 Å². The summed E-state index contributed by atoms with van der Waals surface area (Å²) in [5, 5.41) is 11.1. The van der Waals surface area contributed by atoms with Crippen LogP contribution in [0.5, 0.6) is 0 Å². The molecule has 1 unspecified atom stereocenters. The predicted octanol–water partition coefficient (Wildman–Crippen LogP) is 3.34. The Morgan fingerprint density at radius 2 is 2.07 bits per heavy atom. The van der Waals surface area contributed by atoms with Crippen molar-refractivity contribution in [1.29, 1.82) is 0 Å². The molecule has 3 rings (SSSR count). The van der Waals surface area contributed by atoms with Crippen LogP contribution in [0.2, 0.25) is 0 Å². The van der Waals surface area contributed by atoms with Gasteiger partial charge in [-0.15, -0.1) is 0 Å². The van der Waals surface area contributed by atoms with Crippen molar-refractivity contribution < 1.29 is 4.79 Å². The standard InChI is InChI=1S/C21H28N4OS/c1-16(19-9-11-27-15-19)12-23-21(22-2)24-13-17-6-3-4-7-18(17)14-25-10-5-8-20(25)26/h3-4,6-7,9,11,15-16H,5,8,10,12-14H2,1-2H3,(H2,22,23,24). The number of hydrogen-bond acceptors (Lipinski definition) is 3.